The standard InChI is InChI=1S/C6H5FO3/c7-6-4(9)1-3(8)2-5(6)10/h1-2,8-10H. The summed E-state index contributed by atoms with van der Waals surface area (Å²) >= 11 is 0. The fourth-order valence-electron chi connectivity index (χ4n) is 0.580. The number of hydrogen-bond acceptors (Lipinski definition) is 3. The van der Waals surface area contributed by atoms with Crippen molar-refractivity contribution in [1.29, 1.82) is 0 Å². The maximum Gasteiger partial charge on any atom is 0.206 e. The molecule has 1 aromatic rings. The Balaban J connectivity index is 3.31. The molecule has 4 heteroatoms. The number of aromatic hydroxyl groups is 3. The Morgan fingerprint density at radius 1 is 1.00 bits per heavy atom. The molecule has 0 saturated heterocycles. The van der Waals surface area contributed by atoms with Crippen LogP contribution in [0.4, 0.5) is 4.39 Å². The molecule has 0 bridgehead atoms. The van der Waals surface area contributed by atoms with E-state index in [1.54, 1.807) is 0 Å². The van der Waals surface area contributed by atoms with Crippen LogP contribution >= 0.6 is 0 Å². The number of rotatable bonds is 0. The maximum atomic E-state index is 12.3. The molecule has 10 heavy (non-hydrogen) atoms. The number of halogens is 1. The van der Waals surface area contributed by atoms with Gasteiger partial charge < -0.3 is 15.3 Å². The van der Waals surface area contributed by atoms with Gasteiger partial charge in [-0.2, -0.15) is 4.39 Å². The van der Waals surface area contributed by atoms with Gasteiger partial charge in [-0.1, -0.05) is 0 Å². The van der Waals surface area contributed by atoms with Crippen LogP contribution in [0.15, 0.2) is 12.1 Å². The van der Waals surface area contributed by atoms with Gasteiger partial charge in [0.15, 0.2) is 11.5 Å². The first kappa shape index (κ1) is 6.67. The van der Waals surface area contributed by atoms with Gasteiger partial charge in [-0.25, -0.2) is 0 Å². The number of phenols is 3. The first-order chi connectivity index (χ1) is 4.61. The number of hydrogen-bond donors (Lipinski definition) is 3. The maximum absolute atomic E-state index is 12.3. The normalized spacial score (nSPS) is 9.70. The summed E-state index contributed by atoms with van der Waals surface area (Å²) < 4.78 is 12.3. The van der Waals surface area contributed by atoms with Crippen LogP contribution in [-0.2, 0) is 0 Å². The third-order valence-corrected chi connectivity index (χ3v) is 1.02. The zero-order valence-electron chi connectivity index (χ0n) is 4.87. The Morgan fingerprint density at radius 3 is 1.80 bits per heavy atom. The smallest absolute Gasteiger partial charge is 0.206 e. The molecule has 0 aliphatic rings. The highest BCUT2D eigenvalue weighted by Gasteiger charge is 2.07. The van der Waals surface area contributed by atoms with Crippen molar-refractivity contribution in [2.75, 3.05) is 0 Å². The van der Waals surface area contributed by atoms with Gasteiger partial charge in [-0.05, 0) is 0 Å². The van der Waals surface area contributed by atoms with E-state index in [0.29, 0.717) is 0 Å². The lowest BCUT2D eigenvalue weighted by molar-refractivity contribution is 0.378. The van der Waals surface area contributed by atoms with E-state index in [9.17, 15) is 4.39 Å². The molecule has 54 valence electrons. The Bertz CT molecular complexity index is 236. The zero-order chi connectivity index (χ0) is 7.72. The van der Waals surface area contributed by atoms with Gasteiger partial charge in [0.25, 0.3) is 0 Å². The third kappa shape index (κ3) is 0.953. The summed E-state index contributed by atoms with van der Waals surface area (Å²) in [7, 11) is 0. The summed E-state index contributed by atoms with van der Waals surface area (Å²) in [5.74, 6) is -3.04. The molecular weight excluding hydrogens is 139 g/mol. The van der Waals surface area contributed by atoms with E-state index in [1.807, 2.05) is 0 Å². The zero-order valence-corrected chi connectivity index (χ0v) is 4.87. The molecule has 0 aliphatic carbocycles. The molecule has 0 aromatic heterocycles. The van der Waals surface area contributed by atoms with Crippen LogP contribution in [0, 0.1) is 5.82 Å². The third-order valence-electron chi connectivity index (χ3n) is 1.02. The molecule has 3 nitrogen and oxygen atoms in total. The lowest BCUT2D eigenvalue weighted by Gasteiger charge is -1.97. The van der Waals surface area contributed by atoms with Crippen molar-refractivity contribution in [3.8, 4) is 17.2 Å². The van der Waals surface area contributed by atoms with E-state index in [4.69, 9.17) is 15.3 Å². The minimum Gasteiger partial charge on any atom is -0.508 e. The van der Waals surface area contributed by atoms with E-state index in [2.05, 4.69) is 0 Å². The van der Waals surface area contributed by atoms with Gasteiger partial charge in [0.05, 0.1) is 0 Å². The highest BCUT2D eigenvalue weighted by atomic mass is 19.1. The molecule has 0 radical (unpaired) electrons. The first-order valence-corrected chi connectivity index (χ1v) is 2.51. The van der Waals surface area contributed by atoms with Gasteiger partial charge >= 0.3 is 0 Å². The van der Waals surface area contributed by atoms with Gasteiger partial charge in [0.2, 0.25) is 5.82 Å². The van der Waals surface area contributed by atoms with Crippen LogP contribution in [0.25, 0.3) is 0 Å². The summed E-state index contributed by atoms with van der Waals surface area (Å²) in [6, 6.07) is 1.60. The van der Waals surface area contributed by atoms with E-state index < -0.39 is 17.3 Å². The van der Waals surface area contributed by atoms with Crippen LogP contribution in [0.2, 0.25) is 0 Å². The van der Waals surface area contributed by atoms with Crippen LogP contribution in [0.5, 0.6) is 17.2 Å². The summed E-state index contributed by atoms with van der Waals surface area (Å²) in [4.78, 5) is 0. The second-order valence-corrected chi connectivity index (χ2v) is 1.80. The SMILES string of the molecule is Oc1cc(O)c(F)c(O)c1. The molecular formula is C6H5FO3. The summed E-state index contributed by atoms with van der Waals surface area (Å²) in [6.07, 6.45) is 0. The Kier molecular flexibility index (Phi) is 1.37. The molecule has 0 aliphatic heterocycles. The summed E-state index contributed by atoms with van der Waals surface area (Å²) in [6.45, 7) is 0. The van der Waals surface area contributed by atoms with E-state index in [0.717, 1.165) is 12.1 Å². The van der Waals surface area contributed by atoms with Crippen molar-refractivity contribution in [2.24, 2.45) is 0 Å². The highest BCUT2D eigenvalue weighted by Crippen LogP contribution is 2.29. The number of benzene rings is 1. The molecule has 1 rings (SSSR count). The van der Waals surface area contributed by atoms with E-state index in [-0.39, 0.29) is 5.75 Å². The van der Waals surface area contributed by atoms with Gasteiger partial charge in [0, 0.05) is 12.1 Å². The second kappa shape index (κ2) is 2.06. The molecule has 0 amide bonds. The molecule has 0 fully saturated rings. The fraction of sp³-hybridized carbons (Fsp3) is 0. The largest absolute Gasteiger partial charge is 0.508 e. The topological polar surface area (TPSA) is 60.7 Å². The minimum absolute atomic E-state index is 0.378. The van der Waals surface area contributed by atoms with E-state index >= 15 is 0 Å². The molecule has 0 heterocycles. The molecule has 0 atom stereocenters. The monoisotopic (exact) mass is 144 g/mol. The molecule has 3 N–H and O–H groups in total. The van der Waals surface area contributed by atoms with Crippen LogP contribution in [0.1, 0.15) is 0 Å². The van der Waals surface area contributed by atoms with Crippen molar-refractivity contribution in [3.63, 3.8) is 0 Å². The number of phenolic OH excluding ortho intramolecular Hbond substituents is 3. The van der Waals surface area contributed by atoms with Gasteiger partial charge in [-0.15, -0.1) is 0 Å². The van der Waals surface area contributed by atoms with Gasteiger partial charge in [0.1, 0.15) is 5.75 Å². The minimum atomic E-state index is -1.13. The van der Waals surface area contributed by atoms with Crippen molar-refractivity contribution in [3.05, 3.63) is 17.9 Å². The van der Waals surface area contributed by atoms with Crippen molar-refractivity contribution >= 4 is 0 Å². The predicted molar refractivity (Wildman–Crippen MR) is 31.4 cm³/mol. The van der Waals surface area contributed by atoms with Crippen LogP contribution in [0.3, 0.4) is 0 Å². The molecule has 1 aromatic carbocycles. The van der Waals surface area contributed by atoms with Crippen LogP contribution < -0.4 is 0 Å². The van der Waals surface area contributed by atoms with Crippen LogP contribution in [-0.4, -0.2) is 15.3 Å². The molecule has 0 unspecified atom stereocenters. The van der Waals surface area contributed by atoms with Crippen molar-refractivity contribution < 1.29 is 19.7 Å². The fourth-order valence-corrected chi connectivity index (χ4v) is 0.580. The predicted octanol–water partition coefficient (Wildman–Crippen LogP) is 0.942. The lowest BCUT2D eigenvalue weighted by atomic mass is 10.3. The van der Waals surface area contributed by atoms with Crippen molar-refractivity contribution in [2.45, 2.75) is 0 Å². The highest BCUT2D eigenvalue weighted by molar-refractivity contribution is 5.41. The molecule has 0 spiro atoms. The Morgan fingerprint density at radius 2 is 1.40 bits per heavy atom. The average Bonchev–Trinajstić information content (AvgIpc) is 1.82. The Hall–Kier alpha value is -1.45. The summed E-state index contributed by atoms with van der Waals surface area (Å²) in [5, 5.41) is 25.8. The molecule has 0 saturated carbocycles. The Labute approximate surface area is 56.0 Å². The lowest BCUT2D eigenvalue weighted by Crippen LogP contribution is -1.76. The van der Waals surface area contributed by atoms with Gasteiger partial charge in [-0.3, -0.25) is 0 Å². The summed E-state index contributed by atoms with van der Waals surface area (Å²) in [5.41, 5.74) is 0. The van der Waals surface area contributed by atoms with E-state index in [1.165, 1.54) is 0 Å². The first-order valence-electron chi connectivity index (χ1n) is 2.51. The average molecular weight is 144 g/mol. The van der Waals surface area contributed by atoms with Crippen molar-refractivity contribution in [1.82, 2.24) is 0 Å². The second-order valence-electron chi connectivity index (χ2n) is 1.80. The quantitative estimate of drug-likeness (QED) is 0.507.